The van der Waals surface area contributed by atoms with Gasteiger partial charge in [-0.05, 0) is 49.1 Å². The van der Waals surface area contributed by atoms with Gasteiger partial charge in [0, 0.05) is 19.6 Å². The minimum Gasteiger partial charge on any atom is -0.316 e. The summed E-state index contributed by atoms with van der Waals surface area (Å²) in [6.45, 7) is 11.5. The highest BCUT2D eigenvalue weighted by Gasteiger charge is 2.61. The first-order valence-electron chi connectivity index (χ1n) is 6.61. The molecule has 1 aliphatic carbocycles. The second kappa shape index (κ2) is 4.47. The van der Waals surface area contributed by atoms with Gasteiger partial charge in [0.05, 0.1) is 0 Å². The summed E-state index contributed by atoms with van der Waals surface area (Å²) in [5.74, 6) is 2.97. The van der Waals surface area contributed by atoms with Gasteiger partial charge in [-0.1, -0.05) is 13.8 Å². The molecule has 3 unspecified atom stereocenters. The summed E-state index contributed by atoms with van der Waals surface area (Å²) in [5, 5.41) is 3.52. The standard InChI is InChI=1S/C13H24N2.ClH/c1-13(2)11-8-15(9-12(11)13)7-10-4-3-5-14-6-10;/h10-12,14H,3-9H2,1-2H3;1H. The molecule has 0 bridgehead atoms. The van der Waals surface area contributed by atoms with Crippen molar-refractivity contribution >= 4 is 12.4 Å². The predicted molar refractivity (Wildman–Crippen MR) is 70.0 cm³/mol. The Hall–Kier alpha value is 0.210. The maximum Gasteiger partial charge on any atom is 0.00220 e. The summed E-state index contributed by atoms with van der Waals surface area (Å²) in [6, 6.07) is 0. The molecule has 0 spiro atoms. The number of rotatable bonds is 2. The largest absolute Gasteiger partial charge is 0.316 e. The zero-order valence-corrected chi connectivity index (χ0v) is 11.4. The van der Waals surface area contributed by atoms with Crippen LogP contribution >= 0.6 is 12.4 Å². The molecule has 3 fully saturated rings. The van der Waals surface area contributed by atoms with Crippen LogP contribution in [0.5, 0.6) is 0 Å². The first-order chi connectivity index (χ1) is 7.18. The molecule has 0 amide bonds. The fourth-order valence-corrected chi connectivity index (χ4v) is 3.81. The summed E-state index contributed by atoms with van der Waals surface area (Å²) in [5.41, 5.74) is 0.682. The second-order valence-electron chi connectivity index (χ2n) is 6.47. The maximum absolute atomic E-state index is 3.52. The SMILES string of the molecule is CC1(C)C2CN(CC3CCCNC3)CC21.Cl. The van der Waals surface area contributed by atoms with Gasteiger partial charge in [0.2, 0.25) is 0 Å². The summed E-state index contributed by atoms with van der Waals surface area (Å²) in [4.78, 5) is 2.72. The second-order valence-corrected chi connectivity index (χ2v) is 6.47. The summed E-state index contributed by atoms with van der Waals surface area (Å²) < 4.78 is 0. The van der Waals surface area contributed by atoms with E-state index in [4.69, 9.17) is 0 Å². The van der Waals surface area contributed by atoms with Gasteiger partial charge in [0.25, 0.3) is 0 Å². The Labute approximate surface area is 106 Å². The van der Waals surface area contributed by atoms with Gasteiger partial charge in [-0.15, -0.1) is 12.4 Å². The van der Waals surface area contributed by atoms with E-state index in [-0.39, 0.29) is 12.4 Å². The maximum atomic E-state index is 3.52. The Morgan fingerprint density at radius 3 is 2.50 bits per heavy atom. The molecule has 0 aromatic heterocycles. The average molecular weight is 245 g/mol. The van der Waals surface area contributed by atoms with Crippen LogP contribution in [0.4, 0.5) is 0 Å². The Kier molecular flexibility index (Phi) is 3.54. The molecule has 94 valence electrons. The first-order valence-corrected chi connectivity index (χ1v) is 6.61. The number of hydrogen-bond acceptors (Lipinski definition) is 2. The third kappa shape index (κ3) is 2.12. The number of hydrogen-bond donors (Lipinski definition) is 1. The molecule has 3 atom stereocenters. The van der Waals surface area contributed by atoms with E-state index >= 15 is 0 Å². The average Bonchev–Trinajstić information content (AvgIpc) is 2.64. The van der Waals surface area contributed by atoms with Crippen molar-refractivity contribution < 1.29 is 0 Å². The highest BCUT2D eigenvalue weighted by molar-refractivity contribution is 5.85. The highest BCUT2D eigenvalue weighted by Crippen LogP contribution is 2.61. The fraction of sp³-hybridized carbons (Fsp3) is 1.00. The van der Waals surface area contributed by atoms with E-state index in [9.17, 15) is 0 Å². The third-order valence-electron chi connectivity index (χ3n) is 5.11. The Bertz CT molecular complexity index is 234. The normalized spacial score (nSPS) is 41.2. The van der Waals surface area contributed by atoms with E-state index in [1.54, 1.807) is 0 Å². The van der Waals surface area contributed by atoms with Gasteiger partial charge in [-0.3, -0.25) is 0 Å². The number of fused-ring (bicyclic) bond motifs is 1. The van der Waals surface area contributed by atoms with E-state index < -0.39 is 0 Å². The molecular formula is C13H25ClN2. The molecule has 0 aromatic carbocycles. The van der Waals surface area contributed by atoms with Gasteiger partial charge in [0.1, 0.15) is 0 Å². The molecular weight excluding hydrogens is 220 g/mol. The van der Waals surface area contributed by atoms with Crippen molar-refractivity contribution in [1.82, 2.24) is 10.2 Å². The van der Waals surface area contributed by atoms with Crippen LogP contribution in [0.2, 0.25) is 0 Å². The lowest BCUT2D eigenvalue weighted by atomic mass is 9.98. The molecule has 2 aliphatic heterocycles. The van der Waals surface area contributed by atoms with Crippen LogP contribution in [0.15, 0.2) is 0 Å². The summed E-state index contributed by atoms with van der Waals surface area (Å²) in [6.07, 6.45) is 2.83. The molecule has 3 aliphatic rings. The van der Waals surface area contributed by atoms with Crippen LogP contribution in [0.1, 0.15) is 26.7 Å². The lowest BCUT2D eigenvalue weighted by Crippen LogP contribution is -2.38. The number of likely N-dealkylation sites (tertiary alicyclic amines) is 1. The van der Waals surface area contributed by atoms with E-state index in [0.29, 0.717) is 5.41 Å². The predicted octanol–water partition coefficient (Wildman–Crippen LogP) is 2.00. The van der Waals surface area contributed by atoms with Crippen molar-refractivity contribution in [2.75, 3.05) is 32.7 Å². The zero-order valence-electron chi connectivity index (χ0n) is 10.5. The Balaban J connectivity index is 0.000000963. The van der Waals surface area contributed by atoms with Gasteiger partial charge < -0.3 is 10.2 Å². The fourth-order valence-electron chi connectivity index (χ4n) is 3.81. The molecule has 0 aromatic rings. The number of halogens is 1. The quantitative estimate of drug-likeness (QED) is 0.800. The third-order valence-corrected chi connectivity index (χ3v) is 5.11. The lowest BCUT2D eigenvalue weighted by Gasteiger charge is -2.29. The van der Waals surface area contributed by atoms with Crippen molar-refractivity contribution in [3.8, 4) is 0 Å². The minimum absolute atomic E-state index is 0. The number of piperidine rings is 2. The van der Waals surface area contributed by atoms with E-state index in [1.165, 1.54) is 45.6 Å². The Morgan fingerprint density at radius 1 is 1.25 bits per heavy atom. The molecule has 1 saturated carbocycles. The monoisotopic (exact) mass is 244 g/mol. The molecule has 1 N–H and O–H groups in total. The van der Waals surface area contributed by atoms with E-state index in [0.717, 1.165) is 17.8 Å². The molecule has 0 radical (unpaired) electrons. The molecule has 2 saturated heterocycles. The minimum atomic E-state index is 0. The summed E-state index contributed by atoms with van der Waals surface area (Å²) in [7, 11) is 0. The van der Waals surface area contributed by atoms with Crippen molar-refractivity contribution in [2.45, 2.75) is 26.7 Å². The van der Waals surface area contributed by atoms with Crippen molar-refractivity contribution in [2.24, 2.45) is 23.2 Å². The Morgan fingerprint density at radius 2 is 1.94 bits per heavy atom. The van der Waals surface area contributed by atoms with Crippen LogP contribution in [0.3, 0.4) is 0 Å². The number of nitrogens with one attached hydrogen (secondary N) is 1. The molecule has 2 heterocycles. The topological polar surface area (TPSA) is 15.3 Å². The van der Waals surface area contributed by atoms with Crippen molar-refractivity contribution in [3.63, 3.8) is 0 Å². The van der Waals surface area contributed by atoms with Crippen LogP contribution in [-0.4, -0.2) is 37.6 Å². The van der Waals surface area contributed by atoms with Crippen LogP contribution < -0.4 is 5.32 Å². The van der Waals surface area contributed by atoms with Crippen LogP contribution in [0, 0.1) is 23.2 Å². The van der Waals surface area contributed by atoms with Gasteiger partial charge in [-0.25, -0.2) is 0 Å². The van der Waals surface area contributed by atoms with Gasteiger partial charge in [-0.2, -0.15) is 0 Å². The van der Waals surface area contributed by atoms with E-state index in [1.807, 2.05) is 0 Å². The van der Waals surface area contributed by atoms with Crippen LogP contribution in [0.25, 0.3) is 0 Å². The van der Waals surface area contributed by atoms with Crippen LogP contribution in [-0.2, 0) is 0 Å². The first kappa shape index (κ1) is 12.7. The highest BCUT2D eigenvalue weighted by atomic mass is 35.5. The van der Waals surface area contributed by atoms with Gasteiger partial charge >= 0.3 is 0 Å². The van der Waals surface area contributed by atoms with Crippen molar-refractivity contribution in [3.05, 3.63) is 0 Å². The molecule has 16 heavy (non-hydrogen) atoms. The van der Waals surface area contributed by atoms with Gasteiger partial charge in [0.15, 0.2) is 0 Å². The molecule has 2 nitrogen and oxygen atoms in total. The number of nitrogens with zero attached hydrogens (tertiary/aromatic N) is 1. The zero-order chi connectivity index (χ0) is 10.5. The van der Waals surface area contributed by atoms with E-state index in [2.05, 4.69) is 24.1 Å². The lowest BCUT2D eigenvalue weighted by molar-refractivity contribution is 0.203. The summed E-state index contributed by atoms with van der Waals surface area (Å²) >= 11 is 0. The molecule has 3 heteroatoms. The smallest absolute Gasteiger partial charge is 0.00220 e. The van der Waals surface area contributed by atoms with Crippen molar-refractivity contribution in [1.29, 1.82) is 0 Å². The molecule has 3 rings (SSSR count).